The van der Waals surface area contributed by atoms with Gasteiger partial charge in [-0.3, -0.25) is 4.79 Å². The lowest BCUT2D eigenvalue weighted by atomic mass is 10.3. The lowest BCUT2D eigenvalue weighted by Crippen LogP contribution is -2.05. The van der Waals surface area contributed by atoms with Crippen molar-refractivity contribution >= 4 is 5.78 Å². The first-order valence-corrected chi connectivity index (χ1v) is 2.80. The summed E-state index contributed by atoms with van der Waals surface area (Å²) in [6, 6.07) is 0. The average Bonchev–Trinajstić information content (AvgIpc) is 1.81. The maximum Gasteiger partial charge on any atom is 0.183 e. The Kier molecular flexibility index (Phi) is 3.32. The standard InChI is InChI=1S/C6H10N2O2/c1-5(9)6(7-10)4-8(2)3/h4H,1-3H3/b6-4+. The van der Waals surface area contributed by atoms with Gasteiger partial charge in [0.25, 0.3) is 0 Å². The van der Waals surface area contributed by atoms with Crippen molar-refractivity contribution in [3.63, 3.8) is 0 Å². The minimum Gasteiger partial charge on any atom is -0.382 e. The zero-order valence-corrected chi connectivity index (χ0v) is 6.29. The van der Waals surface area contributed by atoms with E-state index in [1.807, 2.05) is 0 Å². The molecular formula is C6H10N2O2. The summed E-state index contributed by atoms with van der Waals surface area (Å²) in [5, 5.41) is 2.55. The smallest absolute Gasteiger partial charge is 0.183 e. The third-order valence-corrected chi connectivity index (χ3v) is 0.840. The van der Waals surface area contributed by atoms with Crippen LogP contribution in [0.1, 0.15) is 6.92 Å². The largest absolute Gasteiger partial charge is 0.382 e. The van der Waals surface area contributed by atoms with Gasteiger partial charge in [-0.05, 0) is 5.18 Å². The van der Waals surface area contributed by atoms with Gasteiger partial charge in [-0.2, -0.15) is 0 Å². The molecule has 0 amide bonds. The third-order valence-electron chi connectivity index (χ3n) is 0.840. The van der Waals surface area contributed by atoms with Crippen LogP contribution in [0.5, 0.6) is 0 Å². The highest BCUT2D eigenvalue weighted by Gasteiger charge is 2.02. The fraction of sp³-hybridized carbons (Fsp3) is 0.500. The Balaban J connectivity index is 4.33. The number of carbonyl (C=O) groups is 1. The number of rotatable bonds is 3. The molecule has 4 heteroatoms. The third kappa shape index (κ3) is 2.96. The number of allylic oxidation sites excluding steroid dienone is 1. The van der Waals surface area contributed by atoms with Crippen molar-refractivity contribution in [3.05, 3.63) is 16.8 Å². The predicted octanol–water partition coefficient (Wildman–Crippen LogP) is 0.745. The van der Waals surface area contributed by atoms with Crippen molar-refractivity contribution in [2.75, 3.05) is 14.1 Å². The molecule has 0 rings (SSSR count). The van der Waals surface area contributed by atoms with Crippen LogP contribution in [-0.2, 0) is 4.79 Å². The molecule has 10 heavy (non-hydrogen) atoms. The Labute approximate surface area is 59.5 Å². The molecule has 0 unspecified atom stereocenters. The molecule has 4 nitrogen and oxygen atoms in total. The minimum atomic E-state index is -0.316. The molecule has 0 atom stereocenters. The first kappa shape index (κ1) is 8.81. The van der Waals surface area contributed by atoms with Crippen LogP contribution < -0.4 is 0 Å². The van der Waals surface area contributed by atoms with E-state index in [9.17, 15) is 9.70 Å². The summed E-state index contributed by atoms with van der Waals surface area (Å²) < 4.78 is 0. The van der Waals surface area contributed by atoms with Crippen molar-refractivity contribution in [3.8, 4) is 0 Å². The van der Waals surface area contributed by atoms with Gasteiger partial charge in [0.05, 0.1) is 0 Å². The number of nitroso groups, excluding NO2 is 1. The van der Waals surface area contributed by atoms with Gasteiger partial charge in [0, 0.05) is 27.2 Å². The van der Waals surface area contributed by atoms with Crippen LogP contribution in [0.15, 0.2) is 17.1 Å². The number of ketones is 1. The molecule has 0 aromatic heterocycles. The maximum absolute atomic E-state index is 10.5. The molecule has 0 aromatic rings. The lowest BCUT2D eigenvalue weighted by Gasteiger charge is -2.03. The zero-order chi connectivity index (χ0) is 8.15. The van der Waals surface area contributed by atoms with E-state index < -0.39 is 0 Å². The number of hydrogen-bond donors (Lipinski definition) is 0. The molecule has 0 N–H and O–H groups in total. The van der Waals surface area contributed by atoms with Gasteiger partial charge in [0.15, 0.2) is 11.5 Å². The molecule has 0 bridgehead atoms. The molecule has 0 aromatic carbocycles. The quantitative estimate of drug-likeness (QED) is 0.431. The molecule has 0 spiro atoms. The Hall–Kier alpha value is -1.19. The van der Waals surface area contributed by atoms with Crippen molar-refractivity contribution in [2.45, 2.75) is 6.92 Å². The summed E-state index contributed by atoms with van der Waals surface area (Å²) in [7, 11) is 3.43. The van der Waals surface area contributed by atoms with E-state index in [1.165, 1.54) is 13.1 Å². The number of nitrogens with zero attached hydrogens (tertiary/aromatic N) is 2. The number of hydrogen-bond acceptors (Lipinski definition) is 4. The lowest BCUT2D eigenvalue weighted by molar-refractivity contribution is -0.113. The summed E-state index contributed by atoms with van der Waals surface area (Å²) in [6.45, 7) is 1.30. The SMILES string of the molecule is CC(=O)/C(=C\N(C)C)N=O. The molecule has 0 heterocycles. The average molecular weight is 142 g/mol. The topological polar surface area (TPSA) is 49.7 Å². The van der Waals surface area contributed by atoms with Crippen LogP contribution >= 0.6 is 0 Å². The highest BCUT2D eigenvalue weighted by atomic mass is 16.3. The van der Waals surface area contributed by atoms with E-state index in [0.29, 0.717) is 0 Å². The highest BCUT2D eigenvalue weighted by molar-refractivity contribution is 5.92. The maximum atomic E-state index is 10.5. The van der Waals surface area contributed by atoms with Gasteiger partial charge in [0.1, 0.15) is 0 Å². The Bertz CT molecular complexity index is 173. The number of carbonyl (C=O) groups excluding carboxylic acids is 1. The van der Waals surface area contributed by atoms with Gasteiger partial charge in [-0.1, -0.05) is 0 Å². The van der Waals surface area contributed by atoms with Gasteiger partial charge in [0.2, 0.25) is 0 Å². The Morgan fingerprint density at radius 1 is 1.50 bits per heavy atom. The Morgan fingerprint density at radius 2 is 2.00 bits per heavy atom. The van der Waals surface area contributed by atoms with E-state index in [-0.39, 0.29) is 11.5 Å². The molecule has 0 saturated heterocycles. The zero-order valence-electron chi connectivity index (χ0n) is 6.29. The normalized spacial score (nSPS) is 10.9. The van der Waals surface area contributed by atoms with Crippen LogP contribution in [-0.4, -0.2) is 24.8 Å². The second-order valence-electron chi connectivity index (χ2n) is 2.13. The first-order valence-electron chi connectivity index (χ1n) is 2.80. The van der Waals surface area contributed by atoms with Crippen LogP contribution in [0, 0.1) is 4.91 Å². The fourth-order valence-corrected chi connectivity index (χ4v) is 0.423. The van der Waals surface area contributed by atoms with E-state index in [0.717, 1.165) is 0 Å². The summed E-state index contributed by atoms with van der Waals surface area (Å²) in [4.78, 5) is 22.0. The monoisotopic (exact) mass is 142 g/mol. The predicted molar refractivity (Wildman–Crippen MR) is 38.2 cm³/mol. The van der Waals surface area contributed by atoms with Crippen molar-refractivity contribution < 1.29 is 4.79 Å². The van der Waals surface area contributed by atoms with E-state index in [1.54, 1.807) is 19.0 Å². The summed E-state index contributed by atoms with van der Waals surface area (Å²) in [5.74, 6) is -0.316. The summed E-state index contributed by atoms with van der Waals surface area (Å²) >= 11 is 0. The Morgan fingerprint density at radius 3 is 2.10 bits per heavy atom. The van der Waals surface area contributed by atoms with Crippen molar-refractivity contribution in [2.24, 2.45) is 5.18 Å². The van der Waals surface area contributed by atoms with E-state index in [2.05, 4.69) is 5.18 Å². The van der Waals surface area contributed by atoms with Gasteiger partial charge in [-0.15, -0.1) is 4.91 Å². The highest BCUT2D eigenvalue weighted by Crippen LogP contribution is 1.97. The number of Topliss-reactive ketones (excluding diaryl/α,β-unsaturated/α-hetero) is 1. The van der Waals surface area contributed by atoms with Crippen molar-refractivity contribution in [1.29, 1.82) is 0 Å². The first-order chi connectivity index (χ1) is 4.57. The van der Waals surface area contributed by atoms with Gasteiger partial charge < -0.3 is 4.90 Å². The fourth-order valence-electron chi connectivity index (χ4n) is 0.423. The van der Waals surface area contributed by atoms with E-state index in [4.69, 9.17) is 0 Å². The summed E-state index contributed by atoms with van der Waals surface area (Å²) in [5.41, 5.74) is -0.0509. The van der Waals surface area contributed by atoms with Crippen LogP contribution in [0.3, 0.4) is 0 Å². The van der Waals surface area contributed by atoms with Crippen LogP contribution in [0.4, 0.5) is 0 Å². The second kappa shape index (κ2) is 3.76. The van der Waals surface area contributed by atoms with Gasteiger partial charge in [-0.25, -0.2) is 0 Å². The van der Waals surface area contributed by atoms with Crippen LogP contribution in [0.25, 0.3) is 0 Å². The molecule has 0 aliphatic carbocycles. The van der Waals surface area contributed by atoms with Gasteiger partial charge >= 0.3 is 0 Å². The summed E-state index contributed by atoms with van der Waals surface area (Å²) in [6.07, 6.45) is 1.38. The molecule has 0 saturated carbocycles. The molecular weight excluding hydrogens is 132 g/mol. The molecule has 0 fully saturated rings. The van der Waals surface area contributed by atoms with Crippen LogP contribution in [0.2, 0.25) is 0 Å². The molecule has 0 aliphatic heterocycles. The molecule has 0 radical (unpaired) electrons. The second-order valence-corrected chi connectivity index (χ2v) is 2.13. The van der Waals surface area contributed by atoms with E-state index >= 15 is 0 Å². The minimum absolute atomic E-state index is 0.0509. The molecule has 56 valence electrons. The van der Waals surface area contributed by atoms with Crippen molar-refractivity contribution in [1.82, 2.24) is 4.90 Å². The molecule has 0 aliphatic rings.